The van der Waals surface area contributed by atoms with Crippen molar-refractivity contribution in [2.75, 3.05) is 30.0 Å². The van der Waals surface area contributed by atoms with E-state index < -0.39 is 0 Å². The first-order valence-electron chi connectivity index (χ1n) is 9.25. The number of thioether (sulfide) groups is 1. The molecule has 0 saturated carbocycles. The van der Waals surface area contributed by atoms with Crippen LogP contribution in [-0.2, 0) is 0 Å². The molecule has 3 N–H and O–H groups in total. The van der Waals surface area contributed by atoms with Crippen LogP contribution in [0.4, 0.5) is 16.3 Å². The molecule has 0 fully saturated rings. The van der Waals surface area contributed by atoms with Crippen LogP contribution in [0.3, 0.4) is 0 Å². The second kappa shape index (κ2) is 9.42. The van der Waals surface area contributed by atoms with E-state index in [2.05, 4.69) is 30.9 Å². The lowest BCUT2D eigenvalue weighted by Crippen LogP contribution is -2.32. The molecular formula is C20H25N7OS. The van der Waals surface area contributed by atoms with Crippen molar-refractivity contribution in [3.05, 3.63) is 53.9 Å². The third kappa shape index (κ3) is 5.47. The summed E-state index contributed by atoms with van der Waals surface area (Å²) < 4.78 is 1.93. The first-order valence-corrected chi connectivity index (χ1v) is 10.5. The van der Waals surface area contributed by atoms with Gasteiger partial charge in [-0.05, 0) is 45.2 Å². The van der Waals surface area contributed by atoms with Crippen LogP contribution in [0.25, 0.3) is 5.82 Å². The van der Waals surface area contributed by atoms with Crippen LogP contribution in [0.2, 0.25) is 0 Å². The largest absolute Gasteiger partial charge is 0.368 e. The smallest absolute Gasteiger partial charge is 0.319 e. The van der Waals surface area contributed by atoms with E-state index in [1.807, 2.05) is 61.9 Å². The molecule has 2 amide bonds. The minimum absolute atomic E-state index is 0.242. The highest BCUT2D eigenvalue weighted by Gasteiger charge is 2.08. The molecule has 152 valence electrons. The number of aryl methyl sites for hydroxylation is 2. The second-order valence-corrected chi connectivity index (χ2v) is 7.36. The van der Waals surface area contributed by atoms with Gasteiger partial charge in [0, 0.05) is 35.4 Å². The Balaban J connectivity index is 1.52. The van der Waals surface area contributed by atoms with Gasteiger partial charge in [-0.3, -0.25) is 4.57 Å². The summed E-state index contributed by atoms with van der Waals surface area (Å²) in [6.07, 6.45) is 3.76. The van der Waals surface area contributed by atoms with Gasteiger partial charge in [-0.2, -0.15) is 0 Å². The summed E-state index contributed by atoms with van der Waals surface area (Å²) in [4.78, 5) is 26.4. The normalized spacial score (nSPS) is 10.6. The Labute approximate surface area is 174 Å². The van der Waals surface area contributed by atoms with Crippen molar-refractivity contribution in [2.45, 2.75) is 25.7 Å². The fraction of sp³-hybridized carbons (Fsp3) is 0.300. The van der Waals surface area contributed by atoms with Gasteiger partial charge in [-0.25, -0.2) is 19.7 Å². The van der Waals surface area contributed by atoms with Gasteiger partial charge >= 0.3 is 6.03 Å². The van der Waals surface area contributed by atoms with E-state index in [0.29, 0.717) is 24.7 Å². The number of nitrogens with one attached hydrogen (secondary N) is 3. The van der Waals surface area contributed by atoms with Crippen molar-refractivity contribution in [3.63, 3.8) is 0 Å². The first-order chi connectivity index (χ1) is 14.0. The van der Waals surface area contributed by atoms with Gasteiger partial charge < -0.3 is 16.0 Å². The van der Waals surface area contributed by atoms with Crippen LogP contribution in [0.1, 0.15) is 17.2 Å². The summed E-state index contributed by atoms with van der Waals surface area (Å²) in [5.74, 6) is 2.13. The Morgan fingerprint density at radius 1 is 1.14 bits per heavy atom. The van der Waals surface area contributed by atoms with Gasteiger partial charge in [0.15, 0.2) is 0 Å². The second-order valence-electron chi connectivity index (χ2n) is 6.48. The summed E-state index contributed by atoms with van der Waals surface area (Å²) in [5, 5.41) is 8.90. The minimum Gasteiger partial charge on any atom is -0.368 e. The lowest BCUT2D eigenvalue weighted by Gasteiger charge is -2.11. The van der Waals surface area contributed by atoms with E-state index in [-0.39, 0.29) is 6.03 Å². The standard InChI is InChI=1S/C20H25N7OS/c1-13-14(2)27(12-23-13)19-11-18(24-15(3)25-19)21-8-9-22-20(28)26-16-6-5-7-17(10-16)29-4/h5-7,10-12H,8-9H2,1-4H3,(H,21,24,25)(H2,22,26,28). The molecule has 2 aromatic heterocycles. The van der Waals surface area contributed by atoms with E-state index in [4.69, 9.17) is 0 Å². The Hall–Kier alpha value is -3.07. The Bertz CT molecular complexity index is 1000. The molecule has 9 heteroatoms. The van der Waals surface area contributed by atoms with Crippen LogP contribution in [0, 0.1) is 20.8 Å². The van der Waals surface area contributed by atoms with Crippen molar-refractivity contribution in [2.24, 2.45) is 0 Å². The van der Waals surface area contributed by atoms with Crippen LogP contribution in [-0.4, -0.2) is 44.9 Å². The highest BCUT2D eigenvalue weighted by molar-refractivity contribution is 7.98. The van der Waals surface area contributed by atoms with Crippen LogP contribution in [0.15, 0.2) is 41.6 Å². The highest BCUT2D eigenvalue weighted by atomic mass is 32.2. The highest BCUT2D eigenvalue weighted by Crippen LogP contribution is 2.19. The minimum atomic E-state index is -0.242. The number of carbonyl (C=O) groups is 1. The van der Waals surface area contributed by atoms with Crippen LogP contribution < -0.4 is 16.0 Å². The fourth-order valence-corrected chi connectivity index (χ4v) is 3.20. The van der Waals surface area contributed by atoms with Gasteiger partial charge in [0.1, 0.15) is 23.8 Å². The zero-order valence-electron chi connectivity index (χ0n) is 17.0. The van der Waals surface area contributed by atoms with Crippen molar-refractivity contribution >= 4 is 29.3 Å². The Morgan fingerprint density at radius 3 is 2.69 bits per heavy atom. The third-order valence-electron chi connectivity index (χ3n) is 4.37. The SMILES string of the molecule is CSc1cccc(NC(=O)NCCNc2cc(-n3cnc(C)c3C)nc(C)n2)c1. The Morgan fingerprint density at radius 2 is 1.97 bits per heavy atom. The number of hydrogen-bond donors (Lipinski definition) is 3. The van der Waals surface area contributed by atoms with Gasteiger partial charge in [-0.1, -0.05) is 6.07 Å². The van der Waals surface area contributed by atoms with Crippen molar-refractivity contribution < 1.29 is 4.79 Å². The maximum Gasteiger partial charge on any atom is 0.319 e. The van der Waals surface area contributed by atoms with Gasteiger partial charge in [0.2, 0.25) is 0 Å². The van der Waals surface area contributed by atoms with Gasteiger partial charge in [0.25, 0.3) is 0 Å². The lowest BCUT2D eigenvalue weighted by atomic mass is 10.3. The summed E-state index contributed by atoms with van der Waals surface area (Å²) in [5.41, 5.74) is 2.77. The lowest BCUT2D eigenvalue weighted by molar-refractivity contribution is 0.252. The summed E-state index contributed by atoms with van der Waals surface area (Å²) in [7, 11) is 0. The molecule has 0 aliphatic carbocycles. The Kier molecular flexibility index (Phi) is 6.71. The molecule has 0 bridgehead atoms. The molecular weight excluding hydrogens is 386 g/mol. The van der Waals surface area contributed by atoms with E-state index in [0.717, 1.165) is 27.8 Å². The number of anilines is 2. The number of benzene rings is 1. The van der Waals surface area contributed by atoms with E-state index in [1.165, 1.54) is 0 Å². The molecule has 8 nitrogen and oxygen atoms in total. The van der Waals surface area contributed by atoms with Crippen LogP contribution in [0.5, 0.6) is 0 Å². The molecule has 3 rings (SSSR count). The van der Waals surface area contributed by atoms with Gasteiger partial charge in [0.05, 0.1) is 5.69 Å². The number of carbonyl (C=O) groups excluding carboxylic acids is 1. The summed E-state index contributed by atoms with van der Waals surface area (Å²) in [6.45, 7) is 6.81. The quantitative estimate of drug-likeness (QED) is 0.406. The first kappa shape index (κ1) is 20.7. The van der Waals surface area contributed by atoms with Crippen molar-refractivity contribution in [3.8, 4) is 5.82 Å². The third-order valence-corrected chi connectivity index (χ3v) is 5.09. The van der Waals surface area contributed by atoms with Crippen molar-refractivity contribution in [1.82, 2.24) is 24.8 Å². The van der Waals surface area contributed by atoms with E-state index in [9.17, 15) is 4.79 Å². The topological polar surface area (TPSA) is 96.8 Å². The maximum absolute atomic E-state index is 12.1. The number of rotatable bonds is 7. The monoisotopic (exact) mass is 411 g/mol. The number of aromatic nitrogens is 4. The molecule has 0 aliphatic heterocycles. The molecule has 3 aromatic rings. The molecule has 0 unspecified atom stereocenters. The fourth-order valence-electron chi connectivity index (χ4n) is 2.74. The molecule has 0 radical (unpaired) electrons. The predicted molar refractivity (Wildman–Crippen MR) is 117 cm³/mol. The number of imidazole rings is 1. The average Bonchev–Trinajstić information content (AvgIpc) is 3.04. The molecule has 0 saturated heterocycles. The predicted octanol–water partition coefficient (Wildman–Crippen LogP) is 3.54. The maximum atomic E-state index is 12.1. The van der Waals surface area contributed by atoms with E-state index in [1.54, 1.807) is 18.1 Å². The molecule has 0 atom stereocenters. The zero-order chi connectivity index (χ0) is 20.8. The molecule has 0 spiro atoms. The zero-order valence-corrected chi connectivity index (χ0v) is 17.8. The number of hydrogen-bond acceptors (Lipinski definition) is 6. The van der Waals surface area contributed by atoms with Crippen molar-refractivity contribution in [1.29, 1.82) is 0 Å². The molecule has 0 aliphatic rings. The van der Waals surface area contributed by atoms with Crippen LogP contribution >= 0.6 is 11.8 Å². The average molecular weight is 412 g/mol. The number of urea groups is 1. The molecule has 1 aromatic carbocycles. The molecule has 2 heterocycles. The molecule has 29 heavy (non-hydrogen) atoms. The summed E-state index contributed by atoms with van der Waals surface area (Å²) >= 11 is 1.63. The van der Waals surface area contributed by atoms with Gasteiger partial charge in [-0.15, -0.1) is 11.8 Å². The summed E-state index contributed by atoms with van der Waals surface area (Å²) in [6, 6.07) is 9.35. The number of nitrogens with zero attached hydrogens (tertiary/aromatic N) is 4. The van der Waals surface area contributed by atoms with E-state index >= 15 is 0 Å². The number of amides is 2.